The summed E-state index contributed by atoms with van der Waals surface area (Å²) in [5, 5.41) is 8.25. The molecule has 1 rings (SSSR count). The largest absolute Gasteiger partial charge is 1.00 e. The fourth-order valence-electron chi connectivity index (χ4n) is 0.510. The maximum Gasteiger partial charge on any atom is 1.00 e. The minimum absolute atomic E-state index is 0. The molecule has 44 valence electrons. The molecule has 1 fully saturated rings. The van der Waals surface area contributed by atoms with Gasteiger partial charge in [-0.3, -0.25) is 0 Å². The van der Waals surface area contributed by atoms with Crippen LogP contribution in [0.25, 0.3) is 0 Å². The maximum atomic E-state index is 8.25. The van der Waals surface area contributed by atoms with E-state index in [0.29, 0.717) is 0 Å². The summed E-state index contributed by atoms with van der Waals surface area (Å²) in [6.45, 7) is 2.00. The molecule has 1 aliphatic rings. The van der Waals surface area contributed by atoms with E-state index in [4.69, 9.17) is 9.84 Å². The zero-order valence-corrected chi connectivity index (χ0v) is 8.77. The van der Waals surface area contributed by atoms with E-state index in [1.54, 1.807) is 0 Å². The van der Waals surface area contributed by atoms with Gasteiger partial charge in [-0.2, -0.15) is 7.11 Å². The first-order chi connectivity index (χ1) is 3.50. The van der Waals surface area contributed by atoms with Gasteiger partial charge in [-0.15, -0.1) is 0 Å². The van der Waals surface area contributed by atoms with E-state index in [-0.39, 0.29) is 51.4 Å². The molecule has 8 heavy (non-hydrogen) atoms. The van der Waals surface area contributed by atoms with Crippen molar-refractivity contribution in [1.82, 2.24) is 0 Å². The summed E-state index contributed by atoms with van der Waals surface area (Å²) in [7, 11) is 0.750. The monoisotopic (exact) mass is 142 g/mol. The van der Waals surface area contributed by atoms with E-state index in [2.05, 4.69) is 0 Å². The van der Waals surface area contributed by atoms with Gasteiger partial charge in [-0.25, -0.2) is 0 Å². The van der Waals surface area contributed by atoms with Gasteiger partial charge in [0, 0.05) is 13.2 Å². The third-order valence-electron chi connectivity index (χ3n) is 0.827. The molecule has 0 aliphatic carbocycles. The van der Waals surface area contributed by atoms with Crippen LogP contribution in [-0.2, 0) is 4.74 Å². The number of ether oxygens (including phenoxy) is 1. The molecule has 0 saturated carbocycles. The van der Waals surface area contributed by atoms with Crippen molar-refractivity contribution in [2.24, 2.45) is 0 Å². The normalized spacial score (nSPS) is 15.8. The molecule has 0 radical (unpaired) electrons. The zero-order chi connectivity index (χ0) is 5.54. The number of rotatable bonds is 0. The molecule has 0 aromatic heterocycles. The molecule has 0 aromatic rings. The standard InChI is InChI=1S/C4H8O.CH3O.K/c1-2-4-5-3-1;1-2;/h1-4H2;1H3;/q;-1;+1. The van der Waals surface area contributed by atoms with Crippen molar-refractivity contribution in [2.45, 2.75) is 12.8 Å². The third-order valence-corrected chi connectivity index (χ3v) is 0.827. The Bertz CT molecular complexity index is 22.0. The van der Waals surface area contributed by atoms with E-state index in [1.807, 2.05) is 0 Å². The predicted octanol–water partition coefficient (Wildman–Crippen LogP) is -3.22. The van der Waals surface area contributed by atoms with Crippen LogP contribution < -0.4 is 56.5 Å². The van der Waals surface area contributed by atoms with Crippen LogP contribution in [0.1, 0.15) is 12.8 Å². The van der Waals surface area contributed by atoms with Crippen LogP contribution in [0.15, 0.2) is 0 Å². The van der Waals surface area contributed by atoms with E-state index in [0.717, 1.165) is 20.3 Å². The Morgan fingerprint density at radius 1 is 1.12 bits per heavy atom. The van der Waals surface area contributed by atoms with Gasteiger partial charge in [0.05, 0.1) is 0 Å². The second kappa shape index (κ2) is 11.4. The Hall–Kier alpha value is 1.56. The first-order valence-electron chi connectivity index (χ1n) is 2.49. The van der Waals surface area contributed by atoms with Crippen molar-refractivity contribution in [3.8, 4) is 0 Å². The summed E-state index contributed by atoms with van der Waals surface area (Å²) in [6.07, 6.45) is 2.56. The van der Waals surface area contributed by atoms with Crippen molar-refractivity contribution in [1.29, 1.82) is 0 Å². The minimum Gasteiger partial charge on any atom is -0.857 e. The van der Waals surface area contributed by atoms with Crippen LogP contribution in [0.4, 0.5) is 0 Å². The fourth-order valence-corrected chi connectivity index (χ4v) is 0.510. The van der Waals surface area contributed by atoms with Crippen molar-refractivity contribution in [2.75, 3.05) is 20.3 Å². The molecule has 0 N–H and O–H groups in total. The third kappa shape index (κ3) is 7.56. The summed E-state index contributed by atoms with van der Waals surface area (Å²) in [4.78, 5) is 0. The molecular formula is C5H11KO2. The van der Waals surface area contributed by atoms with E-state index >= 15 is 0 Å². The minimum atomic E-state index is 0. The molecule has 0 spiro atoms. The maximum absolute atomic E-state index is 8.25. The summed E-state index contributed by atoms with van der Waals surface area (Å²) in [5.74, 6) is 0. The van der Waals surface area contributed by atoms with E-state index in [9.17, 15) is 0 Å². The van der Waals surface area contributed by atoms with Crippen molar-refractivity contribution in [3.63, 3.8) is 0 Å². The van der Waals surface area contributed by atoms with Gasteiger partial charge in [-0.1, -0.05) is 0 Å². The molecule has 3 heteroatoms. The van der Waals surface area contributed by atoms with Gasteiger partial charge >= 0.3 is 51.4 Å². The summed E-state index contributed by atoms with van der Waals surface area (Å²) in [5.41, 5.74) is 0. The smallest absolute Gasteiger partial charge is 0.857 e. The SMILES string of the molecule is C1CCOC1.C[O-].[K+]. The molecule has 0 atom stereocenters. The quantitative estimate of drug-likeness (QED) is 0.333. The average Bonchev–Trinajstić information content (AvgIpc) is 2.23. The second-order valence-corrected chi connectivity index (χ2v) is 1.32. The van der Waals surface area contributed by atoms with Crippen LogP contribution in [0.3, 0.4) is 0 Å². The summed E-state index contributed by atoms with van der Waals surface area (Å²) >= 11 is 0. The first-order valence-corrected chi connectivity index (χ1v) is 2.49. The number of hydrogen-bond acceptors (Lipinski definition) is 2. The molecule has 1 aliphatic heterocycles. The molecule has 1 heterocycles. The Morgan fingerprint density at radius 3 is 1.62 bits per heavy atom. The zero-order valence-electron chi connectivity index (χ0n) is 5.64. The first kappa shape index (κ1) is 12.3. The van der Waals surface area contributed by atoms with Crippen LogP contribution in [-0.4, -0.2) is 20.3 Å². The average molecular weight is 142 g/mol. The molecule has 1 saturated heterocycles. The Kier molecular flexibility index (Phi) is 17.4. The van der Waals surface area contributed by atoms with Crippen LogP contribution in [0, 0.1) is 0 Å². The Balaban J connectivity index is 0. The Morgan fingerprint density at radius 2 is 1.50 bits per heavy atom. The topological polar surface area (TPSA) is 32.3 Å². The number of hydrogen-bond donors (Lipinski definition) is 0. The van der Waals surface area contributed by atoms with Gasteiger partial charge in [0.2, 0.25) is 0 Å². The van der Waals surface area contributed by atoms with E-state index < -0.39 is 0 Å². The predicted molar refractivity (Wildman–Crippen MR) is 26.0 cm³/mol. The van der Waals surface area contributed by atoms with Crippen LogP contribution >= 0.6 is 0 Å². The second-order valence-electron chi connectivity index (χ2n) is 1.32. The molecular weight excluding hydrogens is 131 g/mol. The van der Waals surface area contributed by atoms with Crippen LogP contribution in [0.2, 0.25) is 0 Å². The summed E-state index contributed by atoms with van der Waals surface area (Å²) in [6, 6.07) is 0. The Labute approximate surface area is 93.0 Å². The van der Waals surface area contributed by atoms with Gasteiger partial charge < -0.3 is 9.84 Å². The molecule has 2 nitrogen and oxygen atoms in total. The fraction of sp³-hybridized carbons (Fsp3) is 1.00. The van der Waals surface area contributed by atoms with Crippen molar-refractivity contribution >= 4 is 0 Å². The molecule has 0 aromatic carbocycles. The van der Waals surface area contributed by atoms with Gasteiger partial charge in [-0.05, 0) is 12.8 Å². The van der Waals surface area contributed by atoms with Gasteiger partial charge in [0.25, 0.3) is 0 Å². The molecule has 0 unspecified atom stereocenters. The van der Waals surface area contributed by atoms with Crippen molar-refractivity contribution < 1.29 is 61.2 Å². The van der Waals surface area contributed by atoms with Gasteiger partial charge in [0.15, 0.2) is 0 Å². The van der Waals surface area contributed by atoms with Crippen molar-refractivity contribution in [3.05, 3.63) is 0 Å². The van der Waals surface area contributed by atoms with Gasteiger partial charge in [0.1, 0.15) is 0 Å². The van der Waals surface area contributed by atoms with E-state index in [1.165, 1.54) is 12.8 Å². The van der Waals surface area contributed by atoms with Crippen LogP contribution in [0.5, 0.6) is 0 Å². The summed E-state index contributed by atoms with van der Waals surface area (Å²) < 4.78 is 4.94. The molecule has 0 amide bonds. The molecule has 0 bridgehead atoms.